The number of nitrogens with zero attached hydrogens (tertiary/aromatic N) is 2. The molecule has 8 heteroatoms. The molecule has 1 aromatic carbocycles. The van der Waals surface area contributed by atoms with Crippen LogP contribution in [-0.2, 0) is 9.53 Å². The Balaban J connectivity index is 1.62. The van der Waals surface area contributed by atoms with Crippen LogP contribution in [0.25, 0.3) is 0 Å². The lowest BCUT2D eigenvalue weighted by molar-refractivity contribution is -0.115. The summed E-state index contributed by atoms with van der Waals surface area (Å²) in [6, 6.07) is 5.40. The average molecular weight is 391 g/mol. The maximum absolute atomic E-state index is 12.8. The molecule has 1 aromatic rings. The number of piperazine rings is 1. The fourth-order valence-corrected chi connectivity index (χ4v) is 3.87. The summed E-state index contributed by atoms with van der Waals surface area (Å²) in [5.41, 5.74) is 0.684. The molecule has 1 fully saturated rings. The normalized spacial score (nSPS) is 20.0. The minimum absolute atomic E-state index is 0.0527. The molecule has 7 nitrogen and oxygen atoms in total. The first-order valence-electron chi connectivity index (χ1n) is 9.03. The molecule has 1 atom stereocenters. The molecule has 2 aliphatic heterocycles. The summed E-state index contributed by atoms with van der Waals surface area (Å²) in [7, 11) is 0. The van der Waals surface area contributed by atoms with Gasteiger partial charge in [0.1, 0.15) is 5.60 Å². The average Bonchev–Trinajstić information content (AvgIpc) is 2.60. The molecule has 1 unspecified atom stereocenters. The Hall–Kier alpha value is -2.22. The van der Waals surface area contributed by atoms with Gasteiger partial charge in [-0.1, -0.05) is 0 Å². The molecule has 27 heavy (non-hydrogen) atoms. The van der Waals surface area contributed by atoms with E-state index >= 15 is 0 Å². The van der Waals surface area contributed by atoms with Crippen molar-refractivity contribution in [3.63, 3.8) is 0 Å². The van der Waals surface area contributed by atoms with E-state index in [9.17, 15) is 14.4 Å². The largest absolute Gasteiger partial charge is 0.444 e. The van der Waals surface area contributed by atoms with Crippen molar-refractivity contribution >= 4 is 35.4 Å². The van der Waals surface area contributed by atoms with Crippen LogP contribution in [0.1, 0.15) is 38.1 Å². The zero-order chi connectivity index (χ0) is 19.8. The van der Waals surface area contributed by atoms with E-state index in [1.54, 1.807) is 21.9 Å². The highest BCUT2D eigenvalue weighted by atomic mass is 32.2. The van der Waals surface area contributed by atoms with Crippen molar-refractivity contribution in [1.82, 2.24) is 9.80 Å². The van der Waals surface area contributed by atoms with Crippen LogP contribution < -0.4 is 5.32 Å². The molecule has 146 valence electrons. The number of nitrogens with one attached hydrogen (secondary N) is 1. The Morgan fingerprint density at radius 2 is 1.78 bits per heavy atom. The van der Waals surface area contributed by atoms with Gasteiger partial charge in [0.15, 0.2) is 0 Å². The molecule has 0 aliphatic carbocycles. The van der Waals surface area contributed by atoms with Crippen LogP contribution in [0.5, 0.6) is 0 Å². The monoisotopic (exact) mass is 391 g/mol. The van der Waals surface area contributed by atoms with Gasteiger partial charge in [0.05, 0.1) is 10.9 Å². The first kappa shape index (κ1) is 19.5. The summed E-state index contributed by atoms with van der Waals surface area (Å²) >= 11 is 1.49. The fraction of sp³-hybridized carbons (Fsp3) is 0.526. The zero-order valence-electron chi connectivity index (χ0n) is 16.1. The molecular formula is C19H25N3O4S. The van der Waals surface area contributed by atoms with Gasteiger partial charge in [0, 0.05) is 36.6 Å². The van der Waals surface area contributed by atoms with Gasteiger partial charge in [-0.3, -0.25) is 9.59 Å². The Kier molecular flexibility index (Phi) is 5.37. The second kappa shape index (κ2) is 7.42. The van der Waals surface area contributed by atoms with Crippen LogP contribution in [0.4, 0.5) is 10.5 Å². The minimum atomic E-state index is -0.535. The smallest absolute Gasteiger partial charge is 0.410 e. The standard InChI is InChI=1S/C19H25N3O4S/c1-12-16(23)20-14-11-13(5-6-15(14)27-12)17(24)21-7-9-22(10-8-21)18(25)26-19(2,3)4/h5-6,11-12H,7-10H2,1-4H3,(H,20,23). The van der Waals surface area contributed by atoms with Crippen LogP contribution in [0.15, 0.2) is 23.1 Å². The first-order valence-corrected chi connectivity index (χ1v) is 9.91. The van der Waals surface area contributed by atoms with Crippen molar-refractivity contribution in [3.8, 4) is 0 Å². The number of benzene rings is 1. The van der Waals surface area contributed by atoms with Crippen LogP contribution >= 0.6 is 11.8 Å². The molecule has 0 spiro atoms. The Morgan fingerprint density at radius 1 is 1.15 bits per heavy atom. The minimum Gasteiger partial charge on any atom is -0.444 e. The van der Waals surface area contributed by atoms with Crippen LogP contribution in [0.2, 0.25) is 0 Å². The predicted molar refractivity (Wildman–Crippen MR) is 104 cm³/mol. The number of hydrogen-bond donors (Lipinski definition) is 1. The Labute approximate surface area is 163 Å². The summed E-state index contributed by atoms with van der Waals surface area (Å²) < 4.78 is 5.38. The zero-order valence-corrected chi connectivity index (χ0v) is 16.9. The second-order valence-corrected chi connectivity index (χ2v) is 9.10. The number of anilines is 1. The van der Waals surface area contributed by atoms with Crippen molar-refractivity contribution in [1.29, 1.82) is 0 Å². The molecule has 0 aromatic heterocycles. The van der Waals surface area contributed by atoms with E-state index in [0.717, 1.165) is 4.90 Å². The topological polar surface area (TPSA) is 79.0 Å². The predicted octanol–water partition coefficient (Wildman–Crippen LogP) is 2.81. The number of hydrogen-bond acceptors (Lipinski definition) is 5. The van der Waals surface area contributed by atoms with Crippen molar-refractivity contribution < 1.29 is 19.1 Å². The third-order valence-electron chi connectivity index (χ3n) is 4.38. The van der Waals surface area contributed by atoms with E-state index in [1.807, 2.05) is 33.8 Å². The van der Waals surface area contributed by atoms with Gasteiger partial charge in [0.25, 0.3) is 5.91 Å². The van der Waals surface area contributed by atoms with Crippen molar-refractivity contribution in [2.75, 3.05) is 31.5 Å². The maximum Gasteiger partial charge on any atom is 0.410 e. The van der Waals surface area contributed by atoms with Gasteiger partial charge < -0.3 is 19.9 Å². The first-order chi connectivity index (χ1) is 12.6. The molecule has 3 rings (SSSR count). The number of carbonyl (C=O) groups excluding carboxylic acids is 3. The van der Waals surface area contributed by atoms with E-state index in [1.165, 1.54) is 11.8 Å². The number of rotatable bonds is 1. The number of amides is 3. The lowest BCUT2D eigenvalue weighted by Gasteiger charge is -2.35. The number of fused-ring (bicyclic) bond motifs is 1. The number of thioether (sulfide) groups is 1. The third kappa shape index (κ3) is 4.55. The van der Waals surface area contributed by atoms with Gasteiger partial charge in [-0.15, -0.1) is 11.8 Å². The Morgan fingerprint density at radius 3 is 2.41 bits per heavy atom. The lowest BCUT2D eigenvalue weighted by atomic mass is 10.1. The second-order valence-electron chi connectivity index (χ2n) is 7.72. The molecule has 1 saturated heterocycles. The molecule has 0 bridgehead atoms. The molecule has 1 N–H and O–H groups in total. The highest BCUT2D eigenvalue weighted by molar-refractivity contribution is 8.00. The van der Waals surface area contributed by atoms with Crippen LogP contribution in [0.3, 0.4) is 0 Å². The molecule has 0 saturated carbocycles. The molecule has 2 aliphatic rings. The van der Waals surface area contributed by atoms with E-state index in [-0.39, 0.29) is 23.2 Å². The fourth-order valence-electron chi connectivity index (χ4n) is 2.94. The quantitative estimate of drug-likeness (QED) is 0.796. The van der Waals surface area contributed by atoms with Gasteiger partial charge in [-0.05, 0) is 45.9 Å². The lowest BCUT2D eigenvalue weighted by Crippen LogP contribution is -2.51. The highest BCUT2D eigenvalue weighted by Gasteiger charge is 2.29. The third-order valence-corrected chi connectivity index (χ3v) is 5.55. The van der Waals surface area contributed by atoms with Crippen molar-refractivity contribution in [2.45, 2.75) is 43.4 Å². The number of carbonyl (C=O) groups is 3. The summed E-state index contributed by atoms with van der Waals surface area (Å²) in [6.45, 7) is 9.13. The number of ether oxygens (including phenoxy) is 1. The van der Waals surface area contributed by atoms with E-state index in [2.05, 4.69) is 5.32 Å². The van der Waals surface area contributed by atoms with E-state index < -0.39 is 5.60 Å². The summed E-state index contributed by atoms with van der Waals surface area (Å²) in [6.07, 6.45) is -0.350. The van der Waals surface area contributed by atoms with Gasteiger partial charge in [-0.25, -0.2) is 4.79 Å². The SMILES string of the molecule is CC1Sc2ccc(C(=O)N3CCN(C(=O)OC(C)(C)C)CC3)cc2NC1=O. The van der Waals surface area contributed by atoms with Crippen LogP contribution in [0, 0.1) is 0 Å². The van der Waals surface area contributed by atoms with E-state index in [0.29, 0.717) is 37.4 Å². The van der Waals surface area contributed by atoms with Gasteiger partial charge in [0.2, 0.25) is 5.91 Å². The highest BCUT2D eigenvalue weighted by Crippen LogP contribution is 2.36. The summed E-state index contributed by atoms with van der Waals surface area (Å²) in [5.74, 6) is -0.150. The molecular weight excluding hydrogens is 366 g/mol. The summed E-state index contributed by atoms with van der Waals surface area (Å²) in [5, 5.41) is 2.71. The molecule has 2 heterocycles. The van der Waals surface area contributed by atoms with E-state index in [4.69, 9.17) is 4.74 Å². The Bertz CT molecular complexity index is 767. The summed E-state index contributed by atoms with van der Waals surface area (Å²) in [4.78, 5) is 41.1. The van der Waals surface area contributed by atoms with Crippen molar-refractivity contribution in [3.05, 3.63) is 23.8 Å². The van der Waals surface area contributed by atoms with Crippen molar-refractivity contribution in [2.24, 2.45) is 0 Å². The van der Waals surface area contributed by atoms with Gasteiger partial charge >= 0.3 is 6.09 Å². The maximum atomic E-state index is 12.8. The molecule has 3 amide bonds. The van der Waals surface area contributed by atoms with Gasteiger partial charge in [-0.2, -0.15) is 0 Å². The molecule has 0 radical (unpaired) electrons. The van der Waals surface area contributed by atoms with Crippen LogP contribution in [-0.4, -0.2) is 64.7 Å².